The molecule has 20 heavy (non-hydrogen) atoms. The molecular weight excluding hydrogens is 430 g/mol. The largest absolute Gasteiger partial charge is 0.331 e. The van der Waals surface area contributed by atoms with Gasteiger partial charge in [0.15, 0.2) is 4.77 Å². The lowest BCUT2D eigenvalue weighted by Gasteiger charge is -2.13. The van der Waals surface area contributed by atoms with Crippen molar-refractivity contribution < 1.29 is 4.39 Å². The minimum atomic E-state index is -0.239. The Hall–Kier alpha value is -0.440. The maximum atomic E-state index is 13.8. The molecule has 1 N–H and O–H groups in total. The van der Waals surface area contributed by atoms with Crippen molar-refractivity contribution in [1.82, 2.24) is 9.55 Å². The number of H-pyrrole nitrogens is 1. The van der Waals surface area contributed by atoms with E-state index in [0.717, 1.165) is 20.2 Å². The summed E-state index contributed by atoms with van der Waals surface area (Å²) in [6.45, 7) is 2.03. The van der Waals surface area contributed by atoms with Crippen LogP contribution in [-0.4, -0.2) is 9.55 Å². The fourth-order valence-corrected chi connectivity index (χ4v) is 4.12. The number of hydrogen-bond acceptors (Lipinski definition) is 2. The van der Waals surface area contributed by atoms with Gasteiger partial charge in [-0.1, -0.05) is 11.6 Å². The Morgan fingerprint density at radius 2 is 2.20 bits per heavy atom. The summed E-state index contributed by atoms with van der Waals surface area (Å²) in [6.07, 6.45) is 0. The van der Waals surface area contributed by atoms with Gasteiger partial charge in [0.1, 0.15) is 5.82 Å². The zero-order chi connectivity index (χ0) is 14.4. The van der Waals surface area contributed by atoms with E-state index in [-0.39, 0.29) is 11.9 Å². The van der Waals surface area contributed by atoms with Crippen LogP contribution in [0.3, 0.4) is 0 Å². The molecule has 7 heteroatoms. The molecule has 0 saturated carbocycles. The smallest absolute Gasteiger partial charge is 0.178 e. The first-order chi connectivity index (χ1) is 9.47. The summed E-state index contributed by atoms with van der Waals surface area (Å²) in [5, 5.41) is 0. The Labute approximate surface area is 142 Å². The topological polar surface area (TPSA) is 20.7 Å². The second-order valence-electron chi connectivity index (χ2n) is 4.40. The fraction of sp³-hybridized carbons (Fsp3) is 0.154. The van der Waals surface area contributed by atoms with Crippen molar-refractivity contribution in [2.45, 2.75) is 13.0 Å². The Morgan fingerprint density at radius 1 is 1.45 bits per heavy atom. The molecular formula is C13H9ClFIN2S2. The van der Waals surface area contributed by atoms with Gasteiger partial charge in [0.2, 0.25) is 0 Å². The van der Waals surface area contributed by atoms with Crippen LogP contribution >= 0.6 is 57.7 Å². The summed E-state index contributed by atoms with van der Waals surface area (Å²) < 4.78 is 17.6. The van der Waals surface area contributed by atoms with E-state index in [9.17, 15) is 4.39 Å². The fourth-order valence-electron chi connectivity index (χ4n) is 2.19. The standard InChI is InChI=1S/C13H9ClFIN2S2/c1-6(11-2-3-12(14)20-11)18-10-4-7(15)8(16)5-9(10)17-13(18)19/h2-6H,1H3,(H,17,19). The van der Waals surface area contributed by atoms with Gasteiger partial charge in [-0.05, 0) is 59.9 Å². The van der Waals surface area contributed by atoms with Crippen LogP contribution in [-0.2, 0) is 0 Å². The maximum absolute atomic E-state index is 13.8. The second kappa shape index (κ2) is 5.40. The van der Waals surface area contributed by atoms with Crippen molar-refractivity contribution >= 4 is 68.8 Å². The minimum Gasteiger partial charge on any atom is -0.331 e. The van der Waals surface area contributed by atoms with Crippen LogP contribution in [0.1, 0.15) is 17.8 Å². The van der Waals surface area contributed by atoms with Crippen molar-refractivity contribution in [2.75, 3.05) is 0 Å². The third-order valence-corrected chi connectivity index (χ3v) is 5.68. The van der Waals surface area contributed by atoms with Gasteiger partial charge in [-0.2, -0.15) is 0 Å². The van der Waals surface area contributed by atoms with E-state index in [0.29, 0.717) is 8.34 Å². The van der Waals surface area contributed by atoms with Crippen LogP contribution in [0.4, 0.5) is 4.39 Å². The van der Waals surface area contributed by atoms with E-state index >= 15 is 0 Å². The lowest BCUT2D eigenvalue weighted by molar-refractivity contribution is 0.617. The minimum absolute atomic E-state index is 0.00760. The molecule has 0 spiro atoms. The molecule has 2 aromatic heterocycles. The molecule has 0 radical (unpaired) electrons. The van der Waals surface area contributed by atoms with Crippen LogP contribution < -0.4 is 0 Å². The summed E-state index contributed by atoms with van der Waals surface area (Å²) >= 11 is 14.8. The van der Waals surface area contributed by atoms with Crippen molar-refractivity contribution in [3.63, 3.8) is 0 Å². The average Bonchev–Trinajstić information content (AvgIpc) is 2.93. The quantitative estimate of drug-likeness (QED) is 0.398. The number of rotatable bonds is 2. The molecule has 2 nitrogen and oxygen atoms in total. The Balaban J connectivity index is 2.23. The molecule has 0 aliphatic rings. The number of thiophene rings is 1. The van der Waals surface area contributed by atoms with Crippen molar-refractivity contribution in [3.05, 3.63) is 47.6 Å². The van der Waals surface area contributed by atoms with Gasteiger partial charge < -0.3 is 9.55 Å². The van der Waals surface area contributed by atoms with Crippen LogP contribution in [0, 0.1) is 14.2 Å². The van der Waals surface area contributed by atoms with E-state index in [1.807, 2.05) is 46.2 Å². The summed E-state index contributed by atoms with van der Waals surface area (Å²) in [6, 6.07) is 7.13. The Kier molecular flexibility index (Phi) is 3.91. The number of nitrogens with zero attached hydrogens (tertiary/aromatic N) is 1. The number of hydrogen-bond donors (Lipinski definition) is 1. The van der Waals surface area contributed by atoms with Crippen LogP contribution in [0.15, 0.2) is 24.3 Å². The number of fused-ring (bicyclic) bond motifs is 1. The third kappa shape index (κ3) is 2.43. The highest BCUT2D eigenvalue weighted by Crippen LogP contribution is 2.32. The van der Waals surface area contributed by atoms with E-state index in [2.05, 4.69) is 4.98 Å². The molecule has 104 valence electrons. The summed E-state index contributed by atoms with van der Waals surface area (Å²) in [4.78, 5) is 4.22. The highest BCUT2D eigenvalue weighted by molar-refractivity contribution is 14.1. The molecule has 0 amide bonds. The molecule has 1 atom stereocenters. The van der Waals surface area contributed by atoms with Crippen molar-refractivity contribution in [1.29, 1.82) is 0 Å². The van der Waals surface area contributed by atoms with Gasteiger partial charge in [0, 0.05) is 10.9 Å². The van der Waals surface area contributed by atoms with Gasteiger partial charge in [-0.15, -0.1) is 11.3 Å². The van der Waals surface area contributed by atoms with E-state index in [1.165, 1.54) is 17.4 Å². The number of benzene rings is 1. The summed E-state index contributed by atoms with van der Waals surface area (Å²) in [5.41, 5.74) is 1.61. The van der Waals surface area contributed by atoms with Crippen molar-refractivity contribution in [3.8, 4) is 0 Å². The average molecular weight is 439 g/mol. The molecule has 3 aromatic rings. The van der Waals surface area contributed by atoms with Gasteiger partial charge >= 0.3 is 0 Å². The number of imidazole rings is 1. The normalized spacial score (nSPS) is 13.0. The predicted molar refractivity (Wildman–Crippen MR) is 92.9 cm³/mol. The first kappa shape index (κ1) is 14.5. The zero-order valence-corrected chi connectivity index (χ0v) is 14.8. The maximum Gasteiger partial charge on any atom is 0.178 e. The number of aromatic nitrogens is 2. The molecule has 1 unspecified atom stereocenters. The number of aromatic amines is 1. The van der Waals surface area contributed by atoms with E-state index in [1.54, 1.807) is 6.07 Å². The summed E-state index contributed by atoms with van der Waals surface area (Å²) in [5.74, 6) is -0.239. The third-order valence-electron chi connectivity index (χ3n) is 3.15. The second-order valence-corrected chi connectivity index (χ2v) is 7.70. The molecule has 0 saturated heterocycles. The van der Waals surface area contributed by atoms with Gasteiger partial charge in [-0.25, -0.2) is 4.39 Å². The molecule has 2 heterocycles. The first-order valence-corrected chi connectivity index (χ1v) is 8.50. The highest BCUT2D eigenvalue weighted by atomic mass is 127. The molecule has 3 rings (SSSR count). The molecule has 0 fully saturated rings. The van der Waals surface area contributed by atoms with Crippen molar-refractivity contribution in [2.24, 2.45) is 0 Å². The highest BCUT2D eigenvalue weighted by Gasteiger charge is 2.16. The van der Waals surface area contributed by atoms with Gasteiger partial charge in [0.25, 0.3) is 0 Å². The lowest BCUT2D eigenvalue weighted by Crippen LogP contribution is -2.05. The van der Waals surface area contributed by atoms with Crippen LogP contribution in [0.2, 0.25) is 4.34 Å². The molecule has 0 aliphatic heterocycles. The molecule has 0 bridgehead atoms. The Morgan fingerprint density at radius 3 is 2.85 bits per heavy atom. The zero-order valence-electron chi connectivity index (χ0n) is 10.3. The van der Waals surface area contributed by atoms with E-state index in [4.69, 9.17) is 23.8 Å². The van der Waals surface area contributed by atoms with Gasteiger partial charge in [0.05, 0.1) is 25.0 Å². The van der Waals surface area contributed by atoms with E-state index < -0.39 is 0 Å². The first-order valence-electron chi connectivity index (χ1n) is 5.82. The monoisotopic (exact) mass is 438 g/mol. The lowest BCUT2D eigenvalue weighted by atomic mass is 10.2. The van der Waals surface area contributed by atoms with Crippen LogP contribution in [0.25, 0.3) is 11.0 Å². The predicted octanol–water partition coefficient (Wildman–Crippen LogP) is 5.77. The Bertz CT molecular complexity index is 852. The number of halogens is 3. The SMILES string of the molecule is CC(c1ccc(Cl)s1)n1c(=S)[nH]c2cc(I)c(F)cc21. The molecule has 1 aromatic carbocycles. The number of nitrogens with one attached hydrogen (secondary N) is 1. The molecule has 0 aliphatic carbocycles. The summed E-state index contributed by atoms with van der Waals surface area (Å²) in [7, 11) is 0. The van der Waals surface area contributed by atoms with Crippen LogP contribution in [0.5, 0.6) is 0 Å². The van der Waals surface area contributed by atoms with Gasteiger partial charge in [-0.3, -0.25) is 0 Å².